The van der Waals surface area contributed by atoms with Gasteiger partial charge in [0.25, 0.3) is 5.91 Å². The molecule has 0 aliphatic rings. The average Bonchev–Trinajstić information content (AvgIpc) is 2.86. The van der Waals surface area contributed by atoms with Gasteiger partial charge in [0.15, 0.2) is 11.5 Å². The third-order valence-corrected chi connectivity index (χ3v) is 6.69. The van der Waals surface area contributed by atoms with Crippen LogP contribution in [0.3, 0.4) is 0 Å². The largest absolute Gasteiger partial charge is 0.406 e. The van der Waals surface area contributed by atoms with Gasteiger partial charge in [0, 0.05) is 10.9 Å². The van der Waals surface area contributed by atoms with Crippen molar-refractivity contribution >= 4 is 26.9 Å². The van der Waals surface area contributed by atoms with Crippen molar-refractivity contribution in [3.8, 4) is 17.0 Å². The van der Waals surface area contributed by atoms with E-state index < -0.39 is 39.7 Å². The molecule has 10 heteroatoms. The molecule has 0 bridgehead atoms. The lowest BCUT2D eigenvalue weighted by Crippen LogP contribution is -2.31. The van der Waals surface area contributed by atoms with Gasteiger partial charge in [-0.2, -0.15) is 21.6 Å². The van der Waals surface area contributed by atoms with Crippen molar-refractivity contribution in [2.24, 2.45) is 0 Å². The number of fused-ring (bicyclic) bond motifs is 1. The highest BCUT2D eigenvalue weighted by Crippen LogP contribution is 2.38. The number of benzene rings is 3. The fraction of sp³-hybridized carbons (Fsp3) is 0.185. The van der Waals surface area contributed by atoms with E-state index in [2.05, 4.69) is 10.3 Å². The second-order valence-corrected chi connectivity index (χ2v) is 9.86. The molecule has 0 unspecified atom stereocenters. The van der Waals surface area contributed by atoms with Crippen LogP contribution < -0.4 is 9.50 Å². The summed E-state index contributed by atoms with van der Waals surface area (Å²) in [5.74, 6) is -3.48. The van der Waals surface area contributed by atoms with Crippen molar-refractivity contribution in [2.75, 3.05) is 5.75 Å². The van der Waals surface area contributed by atoms with E-state index in [0.717, 1.165) is 5.56 Å². The van der Waals surface area contributed by atoms with Crippen LogP contribution in [0.5, 0.6) is 5.75 Å². The minimum Gasteiger partial charge on any atom is -0.379 e. The van der Waals surface area contributed by atoms with E-state index in [1.165, 1.54) is 0 Å². The first-order chi connectivity index (χ1) is 17.6. The van der Waals surface area contributed by atoms with Crippen molar-refractivity contribution in [1.82, 2.24) is 10.3 Å². The van der Waals surface area contributed by atoms with Gasteiger partial charge in [-0.05, 0) is 18.1 Å². The summed E-state index contributed by atoms with van der Waals surface area (Å²) in [7, 11) is -5.18. The molecular weight excluding hydrogens is 505 g/mol. The molecule has 0 aliphatic heterocycles. The Hall–Kier alpha value is -3.92. The summed E-state index contributed by atoms with van der Waals surface area (Å²) in [5, 5.41) is 3.12. The normalized spacial score (nSPS) is 12.8. The molecule has 0 radical (unpaired) electrons. The predicted octanol–water partition coefficient (Wildman–Crippen LogP) is 6.05. The summed E-state index contributed by atoms with van der Waals surface area (Å²) < 4.78 is 69.2. The molecule has 1 amide bonds. The Morgan fingerprint density at radius 1 is 0.946 bits per heavy atom. The zero-order chi connectivity index (χ0) is 26.6. The number of carbonyl (C=O) groups is 1. The lowest BCUT2D eigenvalue weighted by Gasteiger charge is -2.21. The van der Waals surface area contributed by atoms with Gasteiger partial charge >= 0.3 is 16.3 Å². The Labute approximate surface area is 212 Å². The first-order valence-corrected chi connectivity index (χ1v) is 13.0. The third kappa shape index (κ3) is 6.26. The van der Waals surface area contributed by atoms with Gasteiger partial charge in [0.2, 0.25) is 0 Å². The number of alkyl halides is 3. The number of aromatic nitrogens is 1. The van der Waals surface area contributed by atoms with Crippen molar-refractivity contribution in [1.29, 1.82) is 0 Å². The van der Waals surface area contributed by atoms with Crippen LogP contribution in [-0.4, -0.2) is 31.2 Å². The maximum Gasteiger partial charge on any atom is 0.406 e. The quantitative estimate of drug-likeness (QED) is 0.281. The van der Waals surface area contributed by atoms with Crippen LogP contribution in [0.15, 0.2) is 84.9 Å². The summed E-state index contributed by atoms with van der Waals surface area (Å²) in [6, 6.07) is 23.4. The molecule has 1 atom stereocenters. The molecule has 0 saturated carbocycles. The number of hydrogen-bond donors (Lipinski definition) is 1. The Morgan fingerprint density at radius 2 is 1.54 bits per heavy atom. The number of hydrogen-bond acceptors (Lipinski definition) is 5. The lowest BCUT2D eigenvalue weighted by molar-refractivity contribution is -0.107. The topological polar surface area (TPSA) is 85.4 Å². The summed E-state index contributed by atoms with van der Waals surface area (Å²) >= 11 is 0. The van der Waals surface area contributed by atoms with Crippen molar-refractivity contribution < 1.29 is 30.6 Å². The highest BCUT2D eigenvalue weighted by atomic mass is 32.2. The van der Waals surface area contributed by atoms with Gasteiger partial charge in [-0.3, -0.25) is 4.79 Å². The SMILES string of the molecule is CC[C@H](NC(=O)c1c(OS(=O)(=O)CC(F)(F)F)c(-c2ccccc2)nc2ccccc12)c1ccccc1. The van der Waals surface area contributed by atoms with E-state index in [0.29, 0.717) is 17.5 Å². The number of nitrogens with one attached hydrogen (secondary N) is 1. The Balaban J connectivity index is 1.93. The van der Waals surface area contributed by atoms with Crippen LogP contribution in [0, 0.1) is 0 Å². The molecule has 37 heavy (non-hydrogen) atoms. The maximum atomic E-state index is 13.7. The van der Waals surface area contributed by atoms with Crippen molar-refractivity contribution in [3.63, 3.8) is 0 Å². The Morgan fingerprint density at radius 3 is 2.16 bits per heavy atom. The van der Waals surface area contributed by atoms with Crippen LogP contribution in [0.2, 0.25) is 0 Å². The van der Waals surface area contributed by atoms with E-state index in [-0.39, 0.29) is 16.6 Å². The second kappa shape index (κ2) is 10.6. The Bertz CT molecular complexity index is 1510. The summed E-state index contributed by atoms with van der Waals surface area (Å²) in [6.07, 6.45) is -4.54. The molecule has 4 aromatic rings. The van der Waals surface area contributed by atoms with Gasteiger partial charge in [0.05, 0.1) is 17.1 Å². The molecule has 0 fully saturated rings. The standard InChI is InChI=1S/C27H23F3N2O4S/c1-2-21(18-11-5-3-6-12-18)32-26(33)23-20-15-9-10-16-22(20)31-24(19-13-7-4-8-14-19)25(23)36-37(34,35)17-27(28,29)30/h3-16,21H,2,17H2,1H3,(H,32,33)/t21-/m0/s1. The molecule has 3 aromatic carbocycles. The van der Waals surface area contributed by atoms with Gasteiger partial charge < -0.3 is 9.50 Å². The van der Waals surface area contributed by atoms with E-state index in [4.69, 9.17) is 4.18 Å². The maximum absolute atomic E-state index is 13.7. The zero-order valence-electron chi connectivity index (χ0n) is 19.7. The van der Waals surface area contributed by atoms with E-state index in [9.17, 15) is 26.4 Å². The van der Waals surface area contributed by atoms with Crippen molar-refractivity contribution in [3.05, 3.63) is 96.1 Å². The number of amides is 1. The minimum atomic E-state index is -5.18. The van der Waals surface area contributed by atoms with Crippen LogP contribution in [-0.2, 0) is 10.1 Å². The number of para-hydroxylation sites is 1. The lowest BCUT2D eigenvalue weighted by atomic mass is 10.00. The predicted molar refractivity (Wildman–Crippen MR) is 135 cm³/mol. The van der Waals surface area contributed by atoms with Crippen LogP contribution in [0.1, 0.15) is 35.3 Å². The number of nitrogens with zero attached hydrogens (tertiary/aromatic N) is 1. The summed E-state index contributed by atoms with van der Waals surface area (Å²) in [5.41, 5.74) is 1.24. The van der Waals surface area contributed by atoms with Crippen LogP contribution in [0.4, 0.5) is 13.2 Å². The van der Waals surface area contributed by atoms with Gasteiger partial charge in [-0.25, -0.2) is 4.98 Å². The van der Waals surface area contributed by atoms with Crippen molar-refractivity contribution in [2.45, 2.75) is 25.6 Å². The van der Waals surface area contributed by atoms with Crippen LogP contribution >= 0.6 is 0 Å². The summed E-state index contributed by atoms with van der Waals surface area (Å²) in [6.45, 7) is 1.86. The molecular formula is C27H23F3N2O4S. The molecule has 6 nitrogen and oxygen atoms in total. The monoisotopic (exact) mass is 528 g/mol. The first-order valence-electron chi connectivity index (χ1n) is 11.4. The first kappa shape index (κ1) is 26.2. The smallest absolute Gasteiger partial charge is 0.379 e. The highest BCUT2D eigenvalue weighted by Gasteiger charge is 2.38. The third-order valence-electron chi connectivity index (χ3n) is 5.59. The molecule has 0 aliphatic carbocycles. The van der Waals surface area contributed by atoms with Crippen LogP contribution in [0.25, 0.3) is 22.2 Å². The molecule has 0 saturated heterocycles. The molecule has 4 rings (SSSR count). The summed E-state index contributed by atoms with van der Waals surface area (Å²) in [4.78, 5) is 18.2. The highest BCUT2D eigenvalue weighted by molar-refractivity contribution is 7.87. The number of halogens is 3. The van der Waals surface area contributed by atoms with E-state index in [1.807, 2.05) is 37.3 Å². The average molecular weight is 529 g/mol. The van der Waals surface area contributed by atoms with Gasteiger partial charge in [-0.1, -0.05) is 85.8 Å². The Kier molecular flexibility index (Phi) is 7.49. The fourth-order valence-electron chi connectivity index (χ4n) is 3.99. The molecule has 192 valence electrons. The number of pyridine rings is 1. The molecule has 1 N–H and O–H groups in total. The molecule has 1 heterocycles. The van der Waals surface area contributed by atoms with Gasteiger partial charge in [0.1, 0.15) is 5.69 Å². The van der Waals surface area contributed by atoms with Gasteiger partial charge in [-0.15, -0.1) is 0 Å². The van der Waals surface area contributed by atoms with E-state index >= 15 is 0 Å². The minimum absolute atomic E-state index is 0.0667. The molecule has 0 spiro atoms. The number of carbonyl (C=O) groups excluding carboxylic acids is 1. The number of rotatable bonds is 8. The zero-order valence-corrected chi connectivity index (χ0v) is 20.5. The fourth-order valence-corrected chi connectivity index (χ4v) is 4.86. The van der Waals surface area contributed by atoms with E-state index in [1.54, 1.807) is 54.6 Å². The molecule has 1 aromatic heterocycles. The second-order valence-electron chi connectivity index (χ2n) is 8.29.